The average Bonchev–Trinajstić information content (AvgIpc) is 2.84. The standard InChI is InChI=1S/C29H51N3O4/c1-9-36-28(35)21(4)19-24(20(2)3)31(8)27(34)25(29(5,6)7)30-26(33)23-17-13-14-18-32(23)22-15-11-10-12-16-22/h19-20,22-25H,9-18H2,1-8H3,(H,30,33)/b21-19+/t23?,24-,25-/m1/s1. The van der Waals surface area contributed by atoms with Crippen molar-refractivity contribution in [3.8, 4) is 0 Å². The highest BCUT2D eigenvalue weighted by Gasteiger charge is 2.40. The third-order valence-electron chi connectivity index (χ3n) is 7.79. The van der Waals surface area contributed by atoms with Crippen molar-refractivity contribution in [3.63, 3.8) is 0 Å². The highest BCUT2D eigenvalue weighted by Crippen LogP contribution is 2.30. The molecule has 1 N–H and O–H groups in total. The van der Waals surface area contributed by atoms with Gasteiger partial charge in [-0.25, -0.2) is 4.79 Å². The first-order valence-electron chi connectivity index (χ1n) is 14.1. The van der Waals surface area contributed by atoms with E-state index >= 15 is 0 Å². The second kappa shape index (κ2) is 13.6. The van der Waals surface area contributed by atoms with Crippen molar-refractivity contribution in [1.82, 2.24) is 15.1 Å². The number of likely N-dealkylation sites (N-methyl/N-ethyl adjacent to an activating group) is 1. The van der Waals surface area contributed by atoms with Crippen molar-refractivity contribution in [2.24, 2.45) is 11.3 Å². The van der Waals surface area contributed by atoms with Gasteiger partial charge >= 0.3 is 5.97 Å². The van der Waals surface area contributed by atoms with Gasteiger partial charge in [0, 0.05) is 18.7 Å². The largest absolute Gasteiger partial charge is 0.463 e. The Kier molecular flexibility index (Phi) is 11.5. The van der Waals surface area contributed by atoms with Crippen molar-refractivity contribution < 1.29 is 19.1 Å². The lowest BCUT2D eigenvalue weighted by molar-refractivity contribution is -0.142. The molecule has 1 saturated carbocycles. The number of nitrogens with zero attached hydrogens (tertiary/aromatic N) is 2. The zero-order valence-corrected chi connectivity index (χ0v) is 24.1. The number of amides is 2. The predicted molar refractivity (Wildman–Crippen MR) is 144 cm³/mol. The Morgan fingerprint density at radius 3 is 2.22 bits per heavy atom. The first-order chi connectivity index (χ1) is 16.9. The van der Waals surface area contributed by atoms with Crippen molar-refractivity contribution in [2.45, 2.75) is 124 Å². The molecule has 0 bridgehead atoms. The van der Waals surface area contributed by atoms with E-state index in [-0.39, 0.29) is 35.8 Å². The zero-order chi connectivity index (χ0) is 27.0. The molecule has 0 aromatic heterocycles. The molecule has 2 fully saturated rings. The van der Waals surface area contributed by atoms with Gasteiger partial charge in [-0.15, -0.1) is 0 Å². The number of esters is 1. The zero-order valence-electron chi connectivity index (χ0n) is 24.1. The van der Waals surface area contributed by atoms with E-state index in [0.29, 0.717) is 18.2 Å². The van der Waals surface area contributed by atoms with Crippen LogP contribution >= 0.6 is 0 Å². The van der Waals surface area contributed by atoms with Gasteiger partial charge in [-0.05, 0) is 57.4 Å². The highest BCUT2D eigenvalue weighted by molar-refractivity contribution is 5.91. The summed E-state index contributed by atoms with van der Waals surface area (Å²) >= 11 is 0. The summed E-state index contributed by atoms with van der Waals surface area (Å²) in [5.41, 5.74) is 0.0177. The first kappa shape index (κ1) is 30.3. The SMILES string of the molecule is CCOC(=O)/C(C)=C/[C@H](C(C)C)N(C)C(=O)[C@@H](NC(=O)C1CCCCN1C1CCCCC1)C(C)(C)C. The van der Waals surface area contributed by atoms with Crippen LogP contribution in [0.25, 0.3) is 0 Å². The van der Waals surface area contributed by atoms with Crippen LogP contribution in [0.4, 0.5) is 0 Å². The molecular formula is C29H51N3O4. The molecule has 2 amide bonds. The molecule has 7 nitrogen and oxygen atoms in total. The molecule has 1 unspecified atom stereocenters. The second-order valence-corrected chi connectivity index (χ2v) is 12.1. The van der Waals surface area contributed by atoms with Gasteiger partial charge in [-0.2, -0.15) is 0 Å². The van der Waals surface area contributed by atoms with E-state index in [2.05, 4.69) is 10.2 Å². The number of ether oxygens (including phenoxy) is 1. The fraction of sp³-hybridized carbons (Fsp3) is 0.828. The van der Waals surface area contributed by atoms with Crippen LogP contribution in [0.1, 0.15) is 99.8 Å². The molecule has 1 aliphatic carbocycles. The van der Waals surface area contributed by atoms with E-state index in [1.807, 2.05) is 40.7 Å². The van der Waals surface area contributed by atoms with Crippen LogP contribution in [0, 0.1) is 11.3 Å². The minimum Gasteiger partial charge on any atom is -0.463 e. The van der Waals surface area contributed by atoms with Crippen LogP contribution in [0.15, 0.2) is 11.6 Å². The summed E-state index contributed by atoms with van der Waals surface area (Å²) in [5.74, 6) is -0.451. The van der Waals surface area contributed by atoms with Gasteiger partial charge in [0.1, 0.15) is 6.04 Å². The number of carbonyl (C=O) groups excluding carboxylic acids is 3. The van der Waals surface area contributed by atoms with Crippen molar-refractivity contribution in [3.05, 3.63) is 11.6 Å². The normalized spacial score (nSPS) is 22.1. The van der Waals surface area contributed by atoms with Gasteiger partial charge in [0.05, 0.1) is 18.7 Å². The molecule has 0 aromatic carbocycles. The Morgan fingerprint density at radius 1 is 1.06 bits per heavy atom. The van der Waals surface area contributed by atoms with Gasteiger partial charge in [-0.3, -0.25) is 14.5 Å². The molecule has 2 aliphatic rings. The molecular weight excluding hydrogens is 454 g/mol. The van der Waals surface area contributed by atoms with Crippen LogP contribution in [0.5, 0.6) is 0 Å². The highest BCUT2D eigenvalue weighted by atomic mass is 16.5. The van der Waals surface area contributed by atoms with E-state index in [1.165, 1.54) is 19.3 Å². The average molecular weight is 506 g/mol. The summed E-state index contributed by atoms with van der Waals surface area (Å²) in [4.78, 5) is 43.9. The van der Waals surface area contributed by atoms with Gasteiger partial charge < -0.3 is 15.0 Å². The summed E-state index contributed by atoms with van der Waals surface area (Å²) < 4.78 is 5.13. The summed E-state index contributed by atoms with van der Waals surface area (Å²) in [6.07, 6.45) is 10.9. The summed E-state index contributed by atoms with van der Waals surface area (Å²) in [7, 11) is 1.77. The molecule has 206 valence electrons. The lowest BCUT2D eigenvalue weighted by Gasteiger charge is -2.43. The van der Waals surface area contributed by atoms with Crippen LogP contribution in [0.2, 0.25) is 0 Å². The summed E-state index contributed by atoms with van der Waals surface area (Å²) in [6.45, 7) is 14.8. The number of rotatable bonds is 9. The Balaban J connectivity index is 2.23. The number of carbonyl (C=O) groups is 3. The fourth-order valence-electron chi connectivity index (χ4n) is 5.64. The maximum absolute atomic E-state index is 13.9. The topological polar surface area (TPSA) is 79.0 Å². The minimum absolute atomic E-state index is 0.0266. The van der Waals surface area contributed by atoms with Gasteiger partial charge in [0.2, 0.25) is 11.8 Å². The van der Waals surface area contributed by atoms with Crippen molar-refractivity contribution >= 4 is 17.8 Å². The lowest BCUT2D eigenvalue weighted by Crippen LogP contribution is -2.61. The molecule has 0 radical (unpaired) electrons. The number of hydrogen-bond acceptors (Lipinski definition) is 5. The number of hydrogen-bond donors (Lipinski definition) is 1. The fourth-order valence-corrected chi connectivity index (χ4v) is 5.64. The Labute approximate surface area is 219 Å². The Hall–Kier alpha value is -1.89. The maximum atomic E-state index is 13.9. The molecule has 3 atom stereocenters. The molecule has 1 saturated heterocycles. The van der Waals surface area contributed by atoms with E-state index in [1.54, 1.807) is 25.8 Å². The quantitative estimate of drug-likeness (QED) is 0.363. The number of nitrogens with one attached hydrogen (secondary N) is 1. The van der Waals surface area contributed by atoms with E-state index in [0.717, 1.165) is 38.6 Å². The Bertz CT molecular complexity index is 780. The number of likely N-dealkylation sites (tertiary alicyclic amines) is 1. The molecule has 7 heteroatoms. The van der Waals surface area contributed by atoms with Gasteiger partial charge in [0.15, 0.2) is 0 Å². The van der Waals surface area contributed by atoms with Crippen LogP contribution in [-0.4, -0.2) is 72.0 Å². The first-order valence-corrected chi connectivity index (χ1v) is 14.1. The van der Waals surface area contributed by atoms with Crippen molar-refractivity contribution in [1.29, 1.82) is 0 Å². The molecule has 0 spiro atoms. The van der Waals surface area contributed by atoms with Crippen LogP contribution in [-0.2, 0) is 19.1 Å². The molecule has 0 aromatic rings. The summed E-state index contributed by atoms with van der Waals surface area (Å²) in [5, 5.41) is 3.18. The third kappa shape index (κ3) is 8.06. The molecule has 1 aliphatic heterocycles. The summed E-state index contributed by atoms with van der Waals surface area (Å²) in [6, 6.07) is -0.654. The van der Waals surface area contributed by atoms with E-state index < -0.39 is 11.5 Å². The minimum atomic E-state index is -0.664. The molecule has 2 rings (SSSR count). The maximum Gasteiger partial charge on any atom is 0.333 e. The smallest absolute Gasteiger partial charge is 0.333 e. The monoisotopic (exact) mass is 505 g/mol. The predicted octanol–water partition coefficient (Wildman–Crippen LogP) is 4.70. The van der Waals surface area contributed by atoms with Crippen LogP contribution < -0.4 is 5.32 Å². The number of piperidine rings is 1. The second-order valence-electron chi connectivity index (χ2n) is 12.1. The van der Waals surface area contributed by atoms with Crippen molar-refractivity contribution in [2.75, 3.05) is 20.2 Å². The van der Waals surface area contributed by atoms with E-state index in [4.69, 9.17) is 4.74 Å². The molecule has 36 heavy (non-hydrogen) atoms. The lowest BCUT2D eigenvalue weighted by atomic mass is 9.84. The third-order valence-corrected chi connectivity index (χ3v) is 7.79. The van der Waals surface area contributed by atoms with Gasteiger partial charge in [-0.1, -0.05) is 66.4 Å². The van der Waals surface area contributed by atoms with Crippen LogP contribution in [0.3, 0.4) is 0 Å². The van der Waals surface area contributed by atoms with Gasteiger partial charge in [0.25, 0.3) is 0 Å². The Morgan fingerprint density at radius 2 is 1.67 bits per heavy atom. The molecule has 1 heterocycles. The van der Waals surface area contributed by atoms with E-state index in [9.17, 15) is 14.4 Å².